The molecule has 1 N–H and O–H groups in total. The van der Waals surface area contributed by atoms with Crippen molar-refractivity contribution in [2.24, 2.45) is 0 Å². The Balaban J connectivity index is 1.80. The second-order valence-electron chi connectivity index (χ2n) is 4.97. The number of hydrogen-bond acceptors (Lipinski definition) is 4. The molecule has 0 saturated carbocycles. The Hall–Kier alpha value is -2.50. The van der Waals surface area contributed by atoms with Gasteiger partial charge in [0, 0.05) is 13.1 Å². The third kappa shape index (κ3) is 2.69. The SMILES string of the molecule is O=C(O)c1ccc2c(c1)CN(C(=O)C1=COCCO1)CC2. The summed E-state index contributed by atoms with van der Waals surface area (Å²) in [6, 6.07) is 5.04. The van der Waals surface area contributed by atoms with Crippen LogP contribution in [0.2, 0.25) is 0 Å². The van der Waals surface area contributed by atoms with Gasteiger partial charge in [-0.3, -0.25) is 4.79 Å². The van der Waals surface area contributed by atoms with Gasteiger partial charge in [-0.25, -0.2) is 4.79 Å². The van der Waals surface area contributed by atoms with Crippen molar-refractivity contribution >= 4 is 11.9 Å². The summed E-state index contributed by atoms with van der Waals surface area (Å²) in [5, 5.41) is 9.04. The molecule has 3 rings (SSSR count). The molecule has 2 heterocycles. The molecule has 2 aliphatic heterocycles. The van der Waals surface area contributed by atoms with E-state index >= 15 is 0 Å². The average molecular weight is 289 g/mol. The van der Waals surface area contributed by atoms with Gasteiger partial charge in [0.25, 0.3) is 5.91 Å². The van der Waals surface area contributed by atoms with Gasteiger partial charge in [-0.05, 0) is 29.7 Å². The Kier molecular flexibility index (Phi) is 3.51. The van der Waals surface area contributed by atoms with Crippen molar-refractivity contribution in [3.05, 3.63) is 46.9 Å². The quantitative estimate of drug-likeness (QED) is 0.884. The van der Waals surface area contributed by atoms with Crippen LogP contribution in [0, 0.1) is 0 Å². The van der Waals surface area contributed by atoms with E-state index < -0.39 is 5.97 Å². The predicted molar refractivity (Wildman–Crippen MR) is 72.5 cm³/mol. The summed E-state index contributed by atoms with van der Waals surface area (Å²) in [5.41, 5.74) is 2.19. The van der Waals surface area contributed by atoms with Crippen molar-refractivity contribution < 1.29 is 24.2 Å². The van der Waals surface area contributed by atoms with E-state index in [-0.39, 0.29) is 17.2 Å². The van der Waals surface area contributed by atoms with Crippen molar-refractivity contribution in [3.8, 4) is 0 Å². The fourth-order valence-corrected chi connectivity index (χ4v) is 2.50. The number of benzene rings is 1. The number of carboxylic acid groups (broad SMARTS) is 1. The van der Waals surface area contributed by atoms with E-state index in [9.17, 15) is 9.59 Å². The molecule has 6 heteroatoms. The Labute approximate surface area is 121 Å². The largest absolute Gasteiger partial charge is 0.494 e. The number of fused-ring (bicyclic) bond motifs is 1. The van der Waals surface area contributed by atoms with Crippen LogP contribution >= 0.6 is 0 Å². The van der Waals surface area contributed by atoms with Crippen LogP contribution in [0.1, 0.15) is 21.5 Å². The Morgan fingerprint density at radius 3 is 2.76 bits per heavy atom. The molecule has 0 aliphatic carbocycles. The summed E-state index contributed by atoms with van der Waals surface area (Å²) < 4.78 is 10.4. The summed E-state index contributed by atoms with van der Waals surface area (Å²) in [6.45, 7) is 1.78. The normalized spacial score (nSPS) is 17.1. The molecule has 6 nitrogen and oxygen atoms in total. The molecule has 0 fully saturated rings. The minimum Gasteiger partial charge on any atom is -0.494 e. The highest BCUT2D eigenvalue weighted by Crippen LogP contribution is 2.22. The summed E-state index contributed by atoms with van der Waals surface area (Å²) in [7, 11) is 0. The zero-order valence-electron chi connectivity index (χ0n) is 11.4. The van der Waals surface area contributed by atoms with E-state index in [1.165, 1.54) is 6.26 Å². The van der Waals surface area contributed by atoms with Crippen LogP contribution in [0.15, 0.2) is 30.2 Å². The van der Waals surface area contributed by atoms with Gasteiger partial charge in [0.1, 0.15) is 19.5 Å². The third-order valence-electron chi connectivity index (χ3n) is 3.61. The summed E-state index contributed by atoms with van der Waals surface area (Å²) in [6.07, 6.45) is 2.05. The molecule has 0 unspecified atom stereocenters. The van der Waals surface area contributed by atoms with Gasteiger partial charge in [0.15, 0.2) is 0 Å². The molecule has 21 heavy (non-hydrogen) atoms. The second-order valence-corrected chi connectivity index (χ2v) is 4.97. The first-order valence-corrected chi connectivity index (χ1v) is 6.74. The monoisotopic (exact) mass is 289 g/mol. The highest BCUT2D eigenvalue weighted by Gasteiger charge is 2.26. The van der Waals surface area contributed by atoms with Crippen LogP contribution < -0.4 is 0 Å². The molecular formula is C15H15NO5. The van der Waals surface area contributed by atoms with Crippen LogP contribution in [0.5, 0.6) is 0 Å². The zero-order valence-corrected chi connectivity index (χ0v) is 11.4. The average Bonchev–Trinajstić information content (AvgIpc) is 2.54. The number of hydrogen-bond donors (Lipinski definition) is 1. The number of carbonyl (C=O) groups is 2. The Morgan fingerprint density at radius 2 is 2.05 bits per heavy atom. The fourth-order valence-electron chi connectivity index (χ4n) is 2.50. The first kappa shape index (κ1) is 13.5. The van der Waals surface area contributed by atoms with Crippen LogP contribution in [-0.2, 0) is 27.2 Å². The van der Waals surface area contributed by atoms with Gasteiger partial charge in [-0.15, -0.1) is 0 Å². The standard InChI is InChI=1S/C15H15NO5/c17-14(13-9-20-5-6-21-13)16-4-3-10-1-2-11(15(18)19)7-12(10)8-16/h1-2,7,9H,3-6,8H2,(H,18,19). The number of amides is 1. The second kappa shape index (κ2) is 5.47. The smallest absolute Gasteiger partial charge is 0.335 e. The molecular weight excluding hydrogens is 274 g/mol. The maximum absolute atomic E-state index is 12.3. The molecule has 2 aliphatic rings. The van der Waals surface area contributed by atoms with E-state index in [1.807, 2.05) is 6.07 Å². The molecule has 0 radical (unpaired) electrons. The lowest BCUT2D eigenvalue weighted by Crippen LogP contribution is -2.38. The first-order chi connectivity index (χ1) is 10.1. The molecule has 110 valence electrons. The van der Waals surface area contributed by atoms with Crippen molar-refractivity contribution in [3.63, 3.8) is 0 Å². The number of carbonyl (C=O) groups excluding carboxylic acids is 1. The van der Waals surface area contributed by atoms with E-state index in [2.05, 4.69) is 0 Å². The van der Waals surface area contributed by atoms with Crippen molar-refractivity contribution in [2.75, 3.05) is 19.8 Å². The van der Waals surface area contributed by atoms with Gasteiger partial charge >= 0.3 is 5.97 Å². The molecule has 0 atom stereocenters. The van der Waals surface area contributed by atoms with Gasteiger partial charge in [0.2, 0.25) is 5.76 Å². The topological polar surface area (TPSA) is 76.1 Å². The number of rotatable bonds is 2. The van der Waals surface area contributed by atoms with Crippen LogP contribution in [0.25, 0.3) is 0 Å². The molecule has 0 bridgehead atoms. The number of ether oxygens (including phenoxy) is 2. The lowest BCUT2D eigenvalue weighted by molar-refractivity contribution is -0.133. The molecule has 0 spiro atoms. The van der Waals surface area contributed by atoms with Gasteiger partial charge in [0.05, 0.1) is 5.56 Å². The minimum atomic E-state index is -0.965. The minimum absolute atomic E-state index is 0.207. The Bertz CT molecular complexity index is 622. The van der Waals surface area contributed by atoms with Crippen molar-refractivity contribution in [2.45, 2.75) is 13.0 Å². The molecule has 1 amide bonds. The maximum atomic E-state index is 12.3. The predicted octanol–water partition coefficient (Wildman–Crippen LogP) is 1.16. The van der Waals surface area contributed by atoms with Crippen LogP contribution in [-0.4, -0.2) is 41.6 Å². The lowest BCUT2D eigenvalue weighted by Gasteiger charge is -2.30. The van der Waals surface area contributed by atoms with Gasteiger partial charge in [-0.1, -0.05) is 6.07 Å². The fraction of sp³-hybridized carbons (Fsp3) is 0.333. The molecule has 1 aromatic rings. The summed E-state index contributed by atoms with van der Waals surface area (Å²) >= 11 is 0. The van der Waals surface area contributed by atoms with Crippen LogP contribution in [0.4, 0.5) is 0 Å². The zero-order chi connectivity index (χ0) is 14.8. The summed E-state index contributed by atoms with van der Waals surface area (Å²) in [5.74, 6) is -0.979. The number of carboxylic acids is 1. The van der Waals surface area contributed by atoms with Crippen molar-refractivity contribution in [1.82, 2.24) is 4.90 Å². The highest BCUT2D eigenvalue weighted by atomic mass is 16.6. The lowest BCUT2D eigenvalue weighted by atomic mass is 9.97. The highest BCUT2D eigenvalue weighted by molar-refractivity contribution is 5.91. The first-order valence-electron chi connectivity index (χ1n) is 6.74. The van der Waals surface area contributed by atoms with E-state index in [0.29, 0.717) is 32.7 Å². The van der Waals surface area contributed by atoms with E-state index in [4.69, 9.17) is 14.6 Å². The number of aromatic carboxylic acids is 1. The molecule has 1 aromatic carbocycles. The van der Waals surface area contributed by atoms with Crippen molar-refractivity contribution in [1.29, 1.82) is 0 Å². The van der Waals surface area contributed by atoms with E-state index in [1.54, 1.807) is 17.0 Å². The maximum Gasteiger partial charge on any atom is 0.335 e. The summed E-state index contributed by atoms with van der Waals surface area (Å²) in [4.78, 5) is 25.0. The number of nitrogens with zero attached hydrogens (tertiary/aromatic N) is 1. The van der Waals surface area contributed by atoms with Gasteiger partial charge < -0.3 is 19.5 Å². The molecule has 0 aromatic heterocycles. The van der Waals surface area contributed by atoms with Crippen LogP contribution in [0.3, 0.4) is 0 Å². The molecule has 0 saturated heterocycles. The third-order valence-corrected chi connectivity index (χ3v) is 3.61. The Morgan fingerprint density at radius 1 is 1.19 bits per heavy atom. The van der Waals surface area contributed by atoms with Gasteiger partial charge in [-0.2, -0.15) is 0 Å². The van der Waals surface area contributed by atoms with E-state index in [0.717, 1.165) is 11.1 Å².